The van der Waals surface area contributed by atoms with Crippen LogP contribution in [0.3, 0.4) is 0 Å². The van der Waals surface area contributed by atoms with E-state index in [1.54, 1.807) is 0 Å². The van der Waals surface area contributed by atoms with Crippen molar-refractivity contribution in [2.45, 2.75) is 0 Å². The number of fused-ring (bicyclic) bond motifs is 15. The molecule has 0 spiro atoms. The van der Waals surface area contributed by atoms with E-state index in [4.69, 9.17) is 4.42 Å². The molecule has 0 saturated carbocycles. The molecule has 0 radical (unpaired) electrons. The highest BCUT2D eigenvalue weighted by atomic mass is 16.3. The summed E-state index contributed by atoms with van der Waals surface area (Å²) in [5.74, 6) is 0. The fourth-order valence-corrected chi connectivity index (χ4v) is 11.6. The van der Waals surface area contributed by atoms with Crippen LogP contribution in [-0.2, 0) is 0 Å². The van der Waals surface area contributed by atoms with Crippen molar-refractivity contribution in [2.75, 3.05) is 0 Å². The average molecular weight is 877 g/mol. The summed E-state index contributed by atoms with van der Waals surface area (Å²) in [4.78, 5) is 0. The van der Waals surface area contributed by atoms with Gasteiger partial charge in [0.05, 0.1) is 27.8 Å². The van der Waals surface area contributed by atoms with Gasteiger partial charge in [-0.05, 0) is 132 Å². The maximum absolute atomic E-state index is 6.73. The zero-order valence-electron chi connectivity index (χ0n) is 37.4. The van der Waals surface area contributed by atoms with Crippen LogP contribution >= 0.6 is 0 Å². The predicted octanol–water partition coefficient (Wildman–Crippen LogP) is 18.2. The van der Waals surface area contributed by atoms with Crippen molar-refractivity contribution in [3.8, 4) is 44.8 Å². The van der Waals surface area contributed by atoms with Crippen LogP contribution in [0.2, 0.25) is 0 Å². The predicted molar refractivity (Wildman–Crippen MR) is 291 cm³/mol. The average Bonchev–Trinajstić information content (AvgIpc) is 4.08. The molecule has 0 saturated heterocycles. The van der Waals surface area contributed by atoms with Gasteiger partial charge in [-0.3, -0.25) is 0 Å². The smallest absolute Gasteiger partial charge is 0.138 e. The first-order chi connectivity index (χ1) is 34.2. The second-order valence-corrected chi connectivity index (χ2v) is 18.4. The Kier molecular flexibility index (Phi) is 8.07. The molecule has 0 N–H and O–H groups in total. The van der Waals surface area contributed by atoms with Gasteiger partial charge in [0.1, 0.15) is 11.2 Å². The van der Waals surface area contributed by atoms with Crippen molar-refractivity contribution in [3.63, 3.8) is 0 Å². The normalized spacial score (nSPS) is 12.1. The summed E-state index contributed by atoms with van der Waals surface area (Å²) in [7, 11) is 0. The van der Waals surface area contributed by atoms with Gasteiger partial charge in [-0.25, -0.2) is 0 Å². The lowest BCUT2D eigenvalue weighted by Crippen LogP contribution is -1.95. The van der Waals surface area contributed by atoms with Crippen molar-refractivity contribution < 1.29 is 4.42 Å². The molecule has 0 fully saturated rings. The van der Waals surface area contributed by atoms with E-state index in [1.807, 2.05) is 0 Å². The molecule has 0 atom stereocenters. The molecule has 3 heterocycles. The molecular formula is C66H40N2O. The van der Waals surface area contributed by atoms with Gasteiger partial charge in [0.15, 0.2) is 0 Å². The van der Waals surface area contributed by atoms with E-state index < -0.39 is 0 Å². The lowest BCUT2D eigenvalue weighted by molar-refractivity contribution is 0.668. The minimum Gasteiger partial charge on any atom is -0.456 e. The molecular weight excluding hydrogens is 837 g/mol. The third kappa shape index (κ3) is 5.68. The lowest BCUT2D eigenvalue weighted by Gasteiger charge is -2.14. The minimum atomic E-state index is 0.868. The van der Waals surface area contributed by atoms with Crippen molar-refractivity contribution >= 4 is 97.9 Å². The molecule has 320 valence electrons. The number of hydrogen-bond donors (Lipinski definition) is 0. The molecule has 15 aromatic rings. The number of aromatic nitrogens is 2. The van der Waals surface area contributed by atoms with Crippen molar-refractivity contribution in [1.29, 1.82) is 0 Å². The van der Waals surface area contributed by atoms with E-state index >= 15 is 0 Å². The summed E-state index contributed by atoms with van der Waals surface area (Å²) in [5, 5.41) is 14.9. The van der Waals surface area contributed by atoms with Gasteiger partial charge in [-0.15, -0.1) is 0 Å². The second kappa shape index (κ2) is 14.7. The molecule has 3 nitrogen and oxygen atoms in total. The van der Waals surface area contributed by atoms with Gasteiger partial charge < -0.3 is 13.6 Å². The number of hydrogen-bond acceptors (Lipinski definition) is 1. The summed E-state index contributed by atoms with van der Waals surface area (Å²) in [5.41, 5.74) is 15.7. The molecule has 0 aliphatic rings. The Hall–Kier alpha value is -9.18. The number of furan rings is 1. The van der Waals surface area contributed by atoms with Crippen molar-refractivity contribution in [2.24, 2.45) is 0 Å². The number of nitrogens with zero attached hydrogens (tertiary/aromatic N) is 2. The largest absolute Gasteiger partial charge is 0.456 e. The molecule has 12 aromatic carbocycles. The molecule has 0 unspecified atom stereocenters. The summed E-state index contributed by atoms with van der Waals surface area (Å²) >= 11 is 0. The van der Waals surface area contributed by atoms with Crippen LogP contribution in [0.5, 0.6) is 0 Å². The van der Waals surface area contributed by atoms with Crippen LogP contribution in [0.4, 0.5) is 0 Å². The van der Waals surface area contributed by atoms with Crippen LogP contribution in [-0.4, -0.2) is 9.13 Å². The van der Waals surface area contributed by atoms with Crippen LogP contribution < -0.4 is 0 Å². The van der Waals surface area contributed by atoms with Crippen molar-refractivity contribution in [3.05, 3.63) is 243 Å². The highest BCUT2D eigenvalue weighted by Gasteiger charge is 2.20. The van der Waals surface area contributed by atoms with Crippen molar-refractivity contribution in [1.82, 2.24) is 9.13 Å². The fourth-order valence-electron chi connectivity index (χ4n) is 11.6. The highest BCUT2D eigenvalue weighted by molar-refractivity contribution is 6.26. The SMILES string of the molecule is c1ccc(-n2c3ccccc3c3cc(-c4ccc5c(c4)c4ccccc4n5-c4cc(-c5ccc(-c6ccc7c8ccccc8c8ccccc8c7c6)cc5)c5c(c4)oc4ccccc45)ccc32)cc1. The third-order valence-corrected chi connectivity index (χ3v) is 14.7. The molecule has 3 heteroatoms. The van der Waals surface area contributed by atoms with Crippen LogP contribution in [0.1, 0.15) is 0 Å². The Morgan fingerprint density at radius 3 is 1.28 bits per heavy atom. The van der Waals surface area contributed by atoms with Gasteiger partial charge in [0.2, 0.25) is 0 Å². The van der Waals surface area contributed by atoms with E-state index in [-0.39, 0.29) is 0 Å². The first-order valence-corrected chi connectivity index (χ1v) is 23.7. The summed E-state index contributed by atoms with van der Waals surface area (Å²) in [6.07, 6.45) is 0. The molecule has 0 amide bonds. The second-order valence-electron chi connectivity index (χ2n) is 18.4. The topological polar surface area (TPSA) is 23.0 Å². The molecule has 0 bridgehead atoms. The first kappa shape index (κ1) is 38.0. The molecule has 69 heavy (non-hydrogen) atoms. The van der Waals surface area contributed by atoms with Gasteiger partial charge >= 0.3 is 0 Å². The Morgan fingerprint density at radius 2 is 0.652 bits per heavy atom. The third-order valence-electron chi connectivity index (χ3n) is 14.7. The minimum absolute atomic E-state index is 0.868. The maximum Gasteiger partial charge on any atom is 0.138 e. The Morgan fingerprint density at radius 1 is 0.232 bits per heavy atom. The zero-order chi connectivity index (χ0) is 45.2. The van der Waals surface area contributed by atoms with E-state index in [0.717, 1.165) is 55.5 Å². The lowest BCUT2D eigenvalue weighted by atomic mass is 9.91. The molecule has 0 aliphatic heterocycles. The summed E-state index contributed by atoms with van der Waals surface area (Å²) < 4.78 is 11.5. The highest BCUT2D eigenvalue weighted by Crippen LogP contribution is 2.44. The number of rotatable bonds is 5. The van der Waals surface area contributed by atoms with E-state index in [9.17, 15) is 0 Å². The Bertz CT molecular complexity index is 4550. The van der Waals surface area contributed by atoms with E-state index in [1.165, 1.54) is 87.1 Å². The Balaban J connectivity index is 0.876. The molecule has 0 aliphatic carbocycles. The fraction of sp³-hybridized carbons (Fsp3) is 0. The first-order valence-electron chi connectivity index (χ1n) is 23.7. The standard InChI is InChI=1S/C66H40N2O/c1-2-14-46(15-3-1)67-60-23-11-8-20-53(60)58-37-44(31-34-62(58)67)45-32-35-63-59(38-45)54-21-9-12-24-61(54)68(63)47-39-56(66-55-22-10-13-25-64(55)69-65(66)40-47)42-28-26-41(27-29-42)43-30-33-52-50-18-5-4-16-48(50)49-17-6-7-19-51(49)57(52)36-43/h1-40H. The van der Waals surface area contributed by atoms with Crippen LogP contribution in [0.25, 0.3) is 143 Å². The quantitative estimate of drug-likeness (QED) is 0.158. The van der Waals surface area contributed by atoms with Gasteiger partial charge in [0.25, 0.3) is 0 Å². The summed E-state index contributed by atoms with van der Waals surface area (Å²) in [6.45, 7) is 0. The molecule has 15 rings (SSSR count). The van der Waals surface area contributed by atoms with Crippen LogP contribution in [0, 0.1) is 0 Å². The number of benzene rings is 12. The molecule has 3 aromatic heterocycles. The van der Waals surface area contributed by atoms with Gasteiger partial charge in [-0.2, -0.15) is 0 Å². The van der Waals surface area contributed by atoms with E-state index in [2.05, 4.69) is 252 Å². The zero-order valence-corrected chi connectivity index (χ0v) is 37.4. The monoisotopic (exact) mass is 876 g/mol. The Labute approximate surface area is 396 Å². The van der Waals surface area contributed by atoms with Gasteiger partial charge in [-0.1, -0.05) is 170 Å². The maximum atomic E-state index is 6.73. The van der Waals surface area contributed by atoms with Gasteiger partial charge in [0, 0.05) is 44.1 Å². The summed E-state index contributed by atoms with van der Waals surface area (Å²) in [6, 6.07) is 88.7. The van der Waals surface area contributed by atoms with E-state index in [0.29, 0.717) is 0 Å². The number of para-hydroxylation sites is 4. The van der Waals surface area contributed by atoms with Crippen LogP contribution in [0.15, 0.2) is 247 Å².